The molecule has 0 radical (unpaired) electrons. The minimum atomic E-state index is -1.28. The van der Waals surface area contributed by atoms with Gasteiger partial charge in [0.25, 0.3) is 5.91 Å². The Labute approximate surface area is 188 Å². The smallest absolute Gasteiger partial charge is 0.303 e. The van der Waals surface area contributed by atoms with E-state index in [2.05, 4.69) is 10.6 Å². The lowest BCUT2D eigenvalue weighted by Crippen LogP contribution is -2.37. The topological polar surface area (TPSA) is 105 Å². The van der Waals surface area contributed by atoms with Crippen molar-refractivity contribution < 1.29 is 28.6 Å². The molecule has 0 spiro atoms. The van der Waals surface area contributed by atoms with Crippen LogP contribution in [-0.4, -0.2) is 48.8 Å². The minimum Gasteiger partial charge on any atom is -0.481 e. The zero-order valence-electron chi connectivity index (χ0n) is 18.6. The van der Waals surface area contributed by atoms with Crippen LogP contribution in [0, 0.1) is 5.82 Å². The molecule has 2 amide bonds. The molecule has 1 atom stereocenters. The van der Waals surface area contributed by atoms with E-state index in [0.717, 1.165) is 5.56 Å². The molecule has 7 nitrogen and oxygen atoms in total. The third-order valence-electron chi connectivity index (χ3n) is 4.62. The van der Waals surface area contributed by atoms with Gasteiger partial charge in [0, 0.05) is 24.1 Å². The van der Waals surface area contributed by atoms with Gasteiger partial charge in [0.2, 0.25) is 5.91 Å². The lowest BCUT2D eigenvalue weighted by molar-refractivity contribution is -0.139. The van der Waals surface area contributed by atoms with Crippen LogP contribution in [0.3, 0.4) is 0 Å². The SMILES string of the molecule is COCc1ccc([C@@H](NC(=O)CCC(=O)O)C(=O)Nc2ccc(S(C)(C)C)c(F)c2)cc1. The number of amides is 2. The van der Waals surface area contributed by atoms with Gasteiger partial charge in [0.05, 0.1) is 13.0 Å². The lowest BCUT2D eigenvalue weighted by Gasteiger charge is -2.26. The van der Waals surface area contributed by atoms with Gasteiger partial charge >= 0.3 is 5.97 Å². The quantitative estimate of drug-likeness (QED) is 0.498. The highest BCUT2D eigenvalue weighted by atomic mass is 32.3. The van der Waals surface area contributed by atoms with Crippen LogP contribution in [0.2, 0.25) is 0 Å². The Morgan fingerprint density at radius 2 is 1.72 bits per heavy atom. The van der Waals surface area contributed by atoms with Crippen molar-refractivity contribution in [3.05, 3.63) is 59.4 Å². The van der Waals surface area contributed by atoms with Crippen LogP contribution in [0.5, 0.6) is 0 Å². The van der Waals surface area contributed by atoms with Crippen molar-refractivity contribution in [1.29, 1.82) is 0 Å². The maximum atomic E-state index is 14.6. The monoisotopic (exact) mass is 464 g/mol. The first-order valence-electron chi connectivity index (χ1n) is 9.89. The molecular formula is C23H29FN2O5S. The second-order valence-corrected chi connectivity index (χ2v) is 12.2. The molecule has 0 aliphatic carbocycles. The Kier molecular flexibility index (Phi) is 8.80. The van der Waals surface area contributed by atoms with Crippen molar-refractivity contribution >= 4 is 33.5 Å². The van der Waals surface area contributed by atoms with Gasteiger partial charge in [0.1, 0.15) is 11.9 Å². The summed E-state index contributed by atoms with van der Waals surface area (Å²) in [6, 6.07) is 10.4. The Morgan fingerprint density at radius 3 is 2.25 bits per heavy atom. The number of carbonyl (C=O) groups excluding carboxylic acids is 2. The predicted octanol–water partition coefficient (Wildman–Crippen LogP) is 3.69. The van der Waals surface area contributed by atoms with Crippen LogP contribution in [0.4, 0.5) is 10.1 Å². The number of nitrogens with one attached hydrogen (secondary N) is 2. The molecule has 0 fully saturated rings. The standard InChI is InChI=1S/C23H29FN2O5S/c1-31-14-15-5-7-16(8-6-15)22(26-20(27)11-12-21(28)29)23(30)25-17-9-10-19(18(24)13-17)32(2,3)4/h5-10,13,22H,11-12,14H2,1-4H3,(H,25,30)(H,26,27)(H,28,29)/t22-/m1/s1. The Bertz CT molecular complexity index is 973. The minimum absolute atomic E-state index is 0.265. The third-order valence-corrected chi connectivity index (χ3v) is 6.27. The molecule has 0 heterocycles. The number of carbonyl (C=O) groups is 3. The number of ether oxygens (including phenoxy) is 1. The molecule has 0 unspecified atom stereocenters. The van der Waals surface area contributed by atoms with Crippen molar-refractivity contribution in [1.82, 2.24) is 5.32 Å². The van der Waals surface area contributed by atoms with E-state index in [1.807, 2.05) is 18.8 Å². The number of benzene rings is 2. The molecule has 174 valence electrons. The van der Waals surface area contributed by atoms with Gasteiger partial charge in [-0.05, 0) is 48.1 Å². The first-order valence-corrected chi connectivity index (χ1v) is 12.7. The summed E-state index contributed by atoms with van der Waals surface area (Å²) in [5, 5.41) is 14.0. The second kappa shape index (κ2) is 11.1. The Morgan fingerprint density at radius 1 is 1.06 bits per heavy atom. The maximum Gasteiger partial charge on any atom is 0.303 e. The Hall–Kier alpha value is -2.91. The fraction of sp³-hybridized carbons (Fsp3) is 0.348. The number of carboxylic acids is 1. The van der Waals surface area contributed by atoms with E-state index in [0.29, 0.717) is 17.1 Å². The molecule has 0 saturated heterocycles. The van der Waals surface area contributed by atoms with Gasteiger partial charge in [-0.15, -0.1) is 0 Å². The molecular weight excluding hydrogens is 435 g/mol. The number of hydrogen-bond acceptors (Lipinski definition) is 4. The highest BCUT2D eigenvalue weighted by Crippen LogP contribution is 2.46. The maximum absolute atomic E-state index is 14.6. The molecule has 0 aromatic heterocycles. The van der Waals surface area contributed by atoms with E-state index < -0.39 is 39.7 Å². The van der Waals surface area contributed by atoms with Gasteiger partial charge in [-0.3, -0.25) is 14.4 Å². The molecule has 2 rings (SSSR count). The van der Waals surface area contributed by atoms with Crippen molar-refractivity contribution in [3.63, 3.8) is 0 Å². The van der Waals surface area contributed by atoms with Crippen molar-refractivity contribution in [2.45, 2.75) is 30.4 Å². The van der Waals surface area contributed by atoms with E-state index in [-0.39, 0.29) is 18.5 Å². The van der Waals surface area contributed by atoms with Gasteiger partial charge in [0.15, 0.2) is 0 Å². The first kappa shape index (κ1) is 25.4. The number of carboxylic acid groups (broad SMARTS) is 1. The molecule has 3 N–H and O–H groups in total. The summed E-state index contributed by atoms with van der Waals surface area (Å²) in [5.41, 5.74) is 1.65. The van der Waals surface area contributed by atoms with Crippen LogP contribution in [0.25, 0.3) is 0 Å². The number of aliphatic carboxylic acids is 1. The average molecular weight is 465 g/mol. The van der Waals surface area contributed by atoms with Crippen LogP contribution in [0.15, 0.2) is 47.4 Å². The highest BCUT2D eigenvalue weighted by molar-refractivity contribution is 8.32. The molecule has 32 heavy (non-hydrogen) atoms. The summed E-state index contributed by atoms with van der Waals surface area (Å²) in [4.78, 5) is 36.6. The molecule has 2 aromatic rings. The molecule has 2 aromatic carbocycles. The number of halogens is 1. The molecule has 0 bridgehead atoms. The fourth-order valence-corrected chi connectivity index (χ4v) is 4.14. The number of methoxy groups -OCH3 is 1. The molecule has 9 heteroatoms. The summed E-state index contributed by atoms with van der Waals surface area (Å²) in [6.07, 6.45) is 5.30. The molecule has 0 saturated carbocycles. The van der Waals surface area contributed by atoms with E-state index >= 15 is 0 Å². The van der Waals surface area contributed by atoms with E-state index in [1.54, 1.807) is 43.5 Å². The van der Waals surface area contributed by atoms with E-state index in [9.17, 15) is 18.8 Å². The van der Waals surface area contributed by atoms with Gasteiger partial charge in [-0.2, -0.15) is 0 Å². The lowest BCUT2D eigenvalue weighted by atomic mass is 10.0. The van der Waals surface area contributed by atoms with Gasteiger partial charge in [-0.25, -0.2) is 14.4 Å². The number of anilines is 1. The summed E-state index contributed by atoms with van der Waals surface area (Å²) in [7, 11) is 0.289. The fourth-order valence-electron chi connectivity index (χ4n) is 3.02. The zero-order valence-corrected chi connectivity index (χ0v) is 19.4. The average Bonchev–Trinajstić information content (AvgIpc) is 2.70. The van der Waals surface area contributed by atoms with Crippen molar-refractivity contribution in [3.8, 4) is 0 Å². The van der Waals surface area contributed by atoms with E-state index in [1.165, 1.54) is 6.07 Å². The molecule has 0 aliphatic rings. The highest BCUT2D eigenvalue weighted by Gasteiger charge is 2.24. The normalized spacial score (nSPS) is 12.7. The third kappa shape index (κ3) is 7.35. The number of hydrogen-bond donors (Lipinski definition) is 3. The van der Waals surface area contributed by atoms with Gasteiger partial charge < -0.3 is 20.5 Å². The molecule has 0 aliphatic heterocycles. The summed E-state index contributed by atoms with van der Waals surface area (Å²) < 4.78 is 19.6. The van der Waals surface area contributed by atoms with E-state index in [4.69, 9.17) is 9.84 Å². The Balaban J connectivity index is 2.25. The summed E-state index contributed by atoms with van der Waals surface area (Å²) >= 11 is 0. The van der Waals surface area contributed by atoms with Crippen LogP contribution < -0.4 is 10.6 Å². The largest absolute Gasteiger partial charge is 0.481 e. The van der Waals surface area contributed by atoms with Crippen LogP contribution in [0.1, 0.15) is 30.0 Å². The summed E-state index contributed by atoms with van der Waals surface area (Å²) in [6.45, 7) is 0.392. The van der Waals surface area contributed by atoms with Crippen molar-refractivity contribution in [2.24, 2.45) is 0 Å². The number of rotatable bonds is 10. The van der Waals surface area contributed by atoms with Gasteiger partial charge in [-0.1, -0.05) is 24.3 Å². The van der Waals surface area contributed by atoms with Crippen molar-refractivity contribution in [2.75, 3.05) is 31.2 Å². The predicted molar refractivity (Wildman–Crippen MR) is 124 cm³/mol. The first-order chi connectivity index (χ1) is 15.0. The van der Waals surface area contributed by atoms with Crippen LogP contribution >= 0.6 is 10.0 Å². The second-order valence-electron chi connectivity index (χ2n) is 8.04. The summed E-state index contributed by atoms with van der Waals surface area (Å²) in [5.74, 6) is -2.66. The van der Waals surface area contributed by atoms with Crippen LogP contribution in [-0.2, 0) is 25.7 Å². The zero-order chi connectivity index (χ0) is 23.9.